The molecule has 1 saturated carbocycles. The van der Waals surface area contributed by atoms with Crippen molar-refractivity contribution in [2.45, 2.75) is 52.0 Å². The number of aromatic nitrogens is 1. The van der Waals surface area contributed by atoms with Crippen LogP contribution in [0.5, 0.6) is 0 Å². The molecule has 0 spiro atoms. The molecule has 1 aliphatic rings. The first-order chi connectivity index (χ1) is 8.13. The maximum Gasteiger partial charge on any atom is 0.0794 e. The highest BCUT2D eigenvalue weighted by atomic mass is 32.1. The molecule has 0 aromatic carbocycles. The van der Waals surface area contributed by atoms with Crippen LogP contribution >= 0.6 is 11.3 Å². The molecule has 1 heterocycles. The van der Waals surface area contributed by atoms with Crippen LogP contribution in [0, 0.1) is 11.3 Å². The van der Waals surface area contributed by atoms with Crippen LogP contribution in [-0.4, -0.2) is 11.0 Å². The van der Waals surface area contributed by atoms with Gasteiger partial charge in [-0.2, -0.15) is 0 Å². The van der Waals surface area contributed by atoms with Crippen LogP contribution in [0.1, 0.15) is 44.4 Å². The van der Waals surface area contributed by atoms with E-state index in [9.17, 15) is 0 Å². The van der Waals surface area contributed by atoms with Crippen LogP contribution in [0.15, 0.2) is 11.7 Å². The van der Waals surface area contributed by atoms with E-state index < -0.39 is 0 Å². The van der Waals surface area contributed by atoms with E-state index in [1.807, 2.05) is 11.7 Å². The van der Waals surface area contributed by atoms with Crippen molar-refractivity contribution in [3.63, 3.8) is 0 Å². The summed E-state index contributed by atoms with van der Waals surface area (Å²) in [5, 5.41) is 0. The minimum Gasteiger partial charge on any atom is -0.271 e. The second-order valence-electron chi connectivity index (χ2n) is 5.79. The minimum atomic E-state index is 0.380. The lowest BCUT2D eigenvalue weighted by Gasteiger charge is -2.43. The van der Waals surface area contributed by atoms with Crippen molar-refractivity contribution in [3.8, 4) is 0 Å². The molecule has 0 radical (unpaired) electrons. The van der Waals surface area contributed by atoms with E-state index in [4.69, 9.17) is 5.84 Å². The molecule has 1 aromatic rings. The third kappa shape index (κ3) is 3.06. The van der Waals surface area contributed by atoms with Gasteiger partial charge in [0.25, 0.3) is 0 Å². The Morgan fingerprint density at radius 3 is 3.00 bits per heavy atom. The molecule has 96 valence electrons. The molecule has 2 rings (SSSR count). The molecule has 0 bridgehead atoms. The third-order valence-electron chi connectivity index (χ3n) is 4.19. The molecule has 3 N–H and O–H groups in total. The average Bonchev–Trinajstić information content (AvgIpc) is 2.79. The Kier molecular flexibility index (Phi) is 4.17. The summed E-state index contributed by atoms with van der Waals surface area (Å²) in [6.45, 7) is 4.77. The quantitative estimate of drug-likeness (QED) is 0.641. The lowest BCUT2D eigenvalue weighted by molar-refractivity contribution is 0.0984. The van der Waals surface area contributed by atoms with E-state index >= 15 is 0 Å². The first-order valence-electron chi connectivity index (χ1n) is 6.47. The molecule has 2 unspecified atom stereocenters. The van der Waals surface area contributed by atoms with Crippen molar-refractivity contribution < 1.29 is 0 Å². The summed E-state index contributed by atoms with van der Waals surface area (Å²) < 4.78 is 0. The Morgan fingerprint density at radius 1 is 1.59 bits per heavy atom. The van der Waals surface area contributed by atoms with Crippen LogP contribution < -0.4 is 11.3 Å². The summed E-state index contributed by atoms with van der Waals surface area (Å²) in [6, 6.07) is 0.380. The van der Waals surface area contributed by atoms with Gasteiger partial charge in [-0.3, -0.25) is 16.3 Å². The molecule has 2 atom stereocenters. The number of thiazole rings is 1. The molecule has 1 fully saturated rings. The van der Waals surface area contributed by atoms with Crippen LogP contribution in [0.25, 0.3) is 0 Å². The maximum absolute atomic E-state index is 5.78. The molecule has 0 aliphatic heterocycles. The number of nitrogens with two attached hydrogens (primary N) is 1. The fourth-order valence-electron chi connectivity index (χ4n) is 3.14. The second kappa shape index (κ2) is 5.46. The number of hydrogen-bond donors (Lipinski definition) is 2. The van der Waals surface area contributed by atoms with Gasteiger partial charge in [-0.05, 0) is 24.2 Å². The summed E-state index contributed by atoms with van der Waals surface area (Å²) in [5.41, 5.74) is 5.35. The van der Waals surface area contributed by atoms with E-state index in [-0.39, 0.29) is 0 Å². The highest BCUT2D eigenvalue weighted by molar-refractivity contribution is 7.09. The van der Waals surface area contributed by atoms with Gasteiger partial charge in [-0.1, -0.05) is 26.7 Å². The topological polar surface area (TPSA) is 50.9 Å². The van der Waals surface area contributed by atoms with Crippen molar-refractivity contribution in [2.24, 2.45) is 17.2 Å². The van der Waals surface area contributed by atoms with Gasteiger partial charge < -0.3 is 0 Å². The monoisotopic (exact) mass is 253 g/mol. The lowest BCUT2D eigenvalue weighted by atomic mass is 9.65. The summed E-state index contributed by atoms with van der Waals surface area (Å²) in [4.78, 5) is 5.47. The first kappa shape index (κ1) is 13.0. The second-order valence-corrected chi connectivity index (χ2v) is 6.76. The Morgan fingerprint density at radius 2 is 2.41 bits per heavy atom. The number of hydrazine groups is 1. The normalized spacial score (nSPS) is 25.7. The standard InChI is InChI=1S/C13H23N3S/c1-13(2)6-4-3-5-11(13)12(16-14)7-10-8-15-9-17-10/h8-9,11-12,16H,3-7,14H2,1-2H3. The Hall–Kier alpha value is -0.450. The van der Waals surface area contributed by atoms with Crippen molar-refractivity contribution in [2.75, 3.05) is 0 Å². The highest BCUT2D eigenvalue weighted by Crippen LogP contribution is 2.42. The Bertz CT molecular complexity index is 334. The maximum atomic E-state index is 5.78. The van der Waals surface area contributed by atoms with Crippen LogP contribution in [-0.2, 0) is 6.42 Å². The largest absolute Gasteiger partial charge is 0.271 e. The summed E-state index contributed by atoms with van der Waals surface area (Å²) in [7, 11) is 0. The van der Waals surface area contributed by atoms with Gasteiger partial charge in [0.15, 0.2) is 0 Å². The van der Waals surface area contributed by atoms with Gasteiger partial charge >= 0.3 is 0 Å². The molecule has 1 aliphatic carbocycles. The molecular weight excluding hydrogens is 230 g/mol. The van der Waals surface area contributed by atoms with Gasteiger partial charge in [0.2, 0.25) is 0 Å². The first-order valence-corrected chi connectivity index (χ1v) is 7.35. The molecule has 0 amide bonds. The van der Waals surface area contributed by atoms with Crippen LogP contribution in [0.4, 0.5) is 0 Å². The number of nitrogens with one attached hydrogen (secondary N) is 1. The SMILES string of the molecule is CC1(C)CCCCC1C(Cc1cncs1)NN. The molecule has 4 heteroatoms. The predicted octanol–water partition coefficient (Wildman–Crippen LogP) is 2.73. The van der Waals surface area contributed by atoms with Crippen molar-refractivity contribution in [1.29, 1.82) is 0 Å². The average molecular weight is 253 g/mol. The van der Waals surface area contributed by atoms with Gasteiger partial charge in [-0.25, -0.2) is 0 Å². The fraction of sp³-hybridized carbons (Fsp3) is 0.769. The summed E-state index contributed by atoms with van der Waals surface area (Å²) in [5.74, 6) is 6.45. The van der Waals surface area contributed by atoms with E-state index in [0.717, 1.165) is 6.42 Å². The Balaban J connectivity index is 2.06. The number of nitrogens with zero attached hydrogens (tertiary/aromatic N) is 1. The summed E-state index contributed by atoms with van der Waals surface area (Å²) >= 11 is 1.72. The fourth-order valence-corrected chi connectivity index (χ4v) is 3.80. The van der Waals surface area contributed by atoms with Crippen LogP contribution in [0.3, 0.4) is 0 Å². The molecule has 3 nitrogen and oxygen atoms in total. The van der Waals surface area contributed by atoms with Crippen molar-refractivity contribution in [3.05, 3.63) is 16.6 Å². The zero-order valence-electron chi connectivity index (χ0n) is 10.8. The van der Waals surface area contributed by atoms with Crippen molar-refractivity contribution in [1.82, 2.24) is 10.4 Å². The number of hydrogen-bond acceptors (Lipinski definition) is 4. The minimum absolute atomic E-state index is 0.380. The number of rotatable bonds is 4. The predicted molar refractivity (Wildman–Crippen MR) is 72.7 cm³/mol. The van der Waals surface area contributed by atoms with E-state index in [2.05, 4.69) is 24.3 Å². The molecular formula is C13H23N3S. The van der Waals surface area contributed by atoms with Crippen molar-refractivity contribution >= 4 is 11.3 Å². The highest BCUT2D eigenvalue weighted by Gasteiger charge is 2.37. The smallest absolute Gasteiger partial charge is 0.0794 e. The van der Waals surface area contributed by atoms with Crippen LogP contribution in [0.2, 0.25) is 0 Å². The Labute approximate surface area is 108 Å². The lowest BCUT2D eigenvalue weighted by Crippen LogP contribution is -2.48. The zero-order chi connectivity index (χ0) is 12.3. The van der Waals surface area contributed by atoms with E-state index in [0.29, 0.717) is 17.4 Å². The zero-order valence-corrected chi connectivity index (χ0v) is 11.6. The van der Waals surface area contributed by atoms with Gasteiger partial charge in [0.1, 0.15) is 0 Å². The molecule has 17 heavy (non-hydrogen) atoms. The molecule has 1 aromatic heterocycles. The van der Waals surface area contributed by atoms with Gasteiger partial charge in [0, 0.05) is 23.5 Å². The summed E-state index contributed by atoms with van der Waals surface area (Å²) in [6.07, 6.45) is 8.29. The third-order valence-corrected chi connectivity index (χ3v) is 5.00. The molecule has 0 saturated heterocycles. The van der Waals surface area contributed by atoms with Gasteiger partial charge in [0.05, 0.1) is 5.51 Å². The van der Waals surface area contributed by atoms with E-state index in [1.165, 1.54) is 30.6 Å². The van der Waals surface area contributed by atoms with Gasteiger partial charge in [-0.15, -0.1) is 11.3 Å². The van der Waals surface area contributed by atoms with E-state index in [1.54, 1.807) is 11.3 Å².